The van der Waals surface area contributed by atoms with Gasteiger partial charge in [-0.05, 0) is 24.7 Å². The van der Waals surface area contributed by atoms with Crippen LogP contribution in [0.3, 0.4) is 0 Å². The summed E-state index contributed by atoms with van der Waals surface area (Å²) in [6.45, 7) is 2.47. The van der Waals surface area contributed by atoms with Crippen molar-refractivity contribution in [1.29, 1.82) is 0 Å². The second kappa shape index (κ2) is 6.19. The predicted molar refractivity (Wildman–Crippen MR) is 83.8 cm³/mol. The van der Waals surface area contributed by atoms with E-state index in [4.69, 9.17) is 20.1 Å². The fourth-order valence-electron chi connectivity index (χ4n) is 2.43. The van der Waals surface area contributed by atoms with Crippen LogP contribution in [0.25, 0.3) is 11.0 Å². The van der Waals surface area contributed by atoms with Crippen LogP contribution in [-0.4, -0.2) is 43.6 Å². The minimum Gasteiger partial charge on any atom is -0.494 e. The lowest BCUT2D eigenvalue weighted by Crippen LogP contribution is -2.48. The first-order chi connectivity index (χ1) is 11.1. The molecule has 1 fully saturated rings. The van der Waals surface area contributed by atoms with Gasteiger partial charge in [0.05, 0.1) is 24.8 Å². The highest BCUT2D eigenvalue weighted by atomic mass is 16.6. The van der Waals surface area contributed by atoms with Crippen molar-refractivity contribution in [3.8, 4) is 12.3 Å². The van der Waals surface area contributed by atoms with E-state index in [9.17, 15) is 9.59 Å². The molecule has 2 aromatic rings. The van der Waals surface area contributed by atoms with E-state index in [1.807, 2.05) is 6.92 Å². The normalized spacial score (nSPS) is 16.4. The minimum absolute atomic E-state index is 0.0352. The average Bonchev–Trinajstić information content (AvgIpc) is 2.94. The van der Waals surface area contributed by atoms with E-state index in [0.29, 0.717) is 28.5 Å². The molecule has 0 aliphatic carbocycles. The average molecular weight is 311 g/mol. The van der Waals surface area contributed by atoms with Gasteiger partial charge in [0.15, 0.2) is 0 Å². The van der Waals surface area contributed by atoms with E-state index in [2.05, 4.69) is 5.92 Å². The third-order valence-electron chi connectivity index (χ3n) is 3.65. The van der Waals surface area contributed by atoms with Crippen LogP contribution in [0.5, 0.6) is 0 Å². The van der Waals surface area contributed by atoms with Gasteiger partial charge in [-0.1, -0.05) is 12.8 Å². The topological polar surface area (TPSA) is 69.0 Å². The number of fused-ring (bicyclic) bond motifs is 1. The zero-order valence-electron chi connectivity index (χ0n) is 12.6. The number of furan rings is 1. The van der Waals surface area contributed by atoms with Crippen LogP contribution in [0.15, 0.2) is 28.9 Å². The summed E-state index contributed by atoms with van der Waals surface area (Å²) < 4.78 is 16.0. The molecule has 0 spiro atoms. The monoisotopic (exact) mass is 311 g/mol. The van der Waals surface area contributed by atoms with Crippen molar-refractivity contribution in [3.05, 3.63) is 30.0 Å². The maximum absolute atomic E-state index is 12.0. The predicted octanol–water partition coefficient (Wildman–Crippen LogP) is 0.531. The fourth-order valence-corrected chi connectivity index (χ4v) is 2.43. The van der Waals surface area contributed by atoms with E-state index in [1.54, 1.807) is 23.1 Å². The Kier molecular flexibility index (Phi) is 4.09. The van der Waals surface area contributed by atoms with Crippen molar-refractivity contribution in [1.82, 2.24) is 4.90 Å². The smallest absolute Gasteiger partial charge is 0.494 e. The number of carbonyl (C=O) groups is 2. The van der Waals surface area contributed by atoms with Gasteiger partial charge in [0.2, 0.25) is 0 Å². The first-order valence-electron chi connectivity index (χ1n) is 7.19. The van der Waals surface area contributed by atoms with E-state index in [1.165, 1.54) is 6.26 Å². The lowest BCUT2D eigenvalue weighted by molar-refractivity contribution is -0.145. The molecule has 2 heterocycles. The molecule has 6 nitrogen and oxygen atoms in total. The molecule has 0 N–H and O–H groups in total. The van der Waals surface area contributed by atoms with Gasteiger partial charge in [0, 0.05) is 10.9 Å². The quantitative estimate of drug-likeness (QED) is 0.595. The zero-order chi connectivity index (χ0) is 16.4. The molecule has 0 bridgehead atoms. The maximum atomic E-state index is 12.0. The molecule has 0 amide bonds. The van der Waals surface area contributed by atoms with Crippen molar-refractivity contribution in [3.63, 3.8) is 0 Å². The van der Waals surface area contributed by atoms with Crippen molar-refractivity contribution in [2.24, 2.45) is 0 Å². The molecule has 0 saturated carbocycles. The number of terminal acetylenes is 1. The van der Waals surface area contributed by atoms with Crippen LogP contribution in [0, 0.1) is 12.3 Å². The van der Waals surface area contributed by atoms with Crippen LogP contribution in [0.1, 0.15) is 12.5 Å². The van der Waals surface area contributed by atoms with Crippen LogP contribution in [0.4, 0.5) is 0 Å². The number of hydrogen-bond donors (Lipinski definition) is 0. The number of rotatable bonds is 2. The van der Waals surface area contributed by atoms with Crippen LogP contribution in [0.2, 0.25) is 0 Å². The summed E-state index contributed by atoms with van der Waals surface area (Å²) >= 11 is 0. The Labute approximate surface area is 133 Å². The third-order valence-corrected chi connectivity index (χ3v) is 3.65. The van der Waals surface area contributed by atoms with Gasteiger partial charge in [-0.2, -0.15) is 0 Å². The van der Waals surface area contributed by atoms with Gasteiger partial charge in [0.1, 0.15) is 5.58 Å². The summed E-state index contributed by atoms with van der Waals surface area (Å²) in [5.74, 6) is 1.60. The molecule has 3 rings (SSSR count). The van der Waals surface area contributed by atoms with Gasteiger partial charge in [0.25, 0.3) is 0 Å². The lowest BCUT2D eigenvalue weighted by Gasteiger charge is -2.24. The third kappa shape index (κ3) is 3.08. The molecule has 1 aliphatic rings. The van der Waals surface area contributed by atoms with E-state index < -0.39 is 19.1 Å². The molecule has 1 saturated heterocycles. The Balaban J connectivity index is 1.95. The molecule has 7 heteroatoms. The second-order valence-electron chi connectivity index (χ2n) is 5.16. The summed E-state index contributed by atoms with van der Waals surface area (Å²) in [4.78, 5) is 25.6. The first-order valence-corrected chi connectivity index (χ1v) is 7.19. The fraction of sp³-hybridized carbons (Fsp3) is 0.250. The van der Waals surface area contributed by atoms with Crippen molar-refractivity contribution >= 4 is 35.5 Å². The Hall–Kier alpha value is -2.72. The number of likely N-dealkylation sites (N-methyl/N-ethyl adjacent to an activating group) is 1. The summed E-state index contributed by atoms with van der Waals surface area (Å²) in [6.07, 6.45) is 6.81. The SMILES string of the molecule is C#Cc1ccc2occ(B3OC(=O)CN(CC)CC(=O)O3)c2c1. The first kappa shape index (κ1) is 15.2. The Morgan fingerprint density at radius 3 is 2.57 bits per heavy atom. The van der Waals surface area contributed by atoms with Gasteiger partial charge in [-0.15, -0.1) is 6.42 Å². The number of benzene rings is 1. The molecule has 0 atom stereocenters. The molecule has 23 heavy (non-hydrogen) atoms. The summed E-state index contributed by atoms with van der Waals surface area (Å²) in [5, 5.41) is 0.652. The summed E-state index contributed by atoms with van der Waals surface area (Å²) in [6, 6.07) is 5.19. The van der Waals surface area contributed by atoms with Crippen LogP contribution in [-0.2, 0) is 18.9 Å². The highest BCUT2D eigenvalue weighted by molar-refractivity contribution is 6.67. The molecule has 0 unspecified atom stereocenters. The number of nitrogens with zero attached hydrogens (tertiary/aromatic N) is 1. The van der Waals surface area contributed by atoms with Crippen LogP contribution < -0.4 is 5.46 Å². The summed E-state index contributed by atoms with van der Waals surface area (Å²) in [5.41, 5.74) is 1.69. The highest BCUT2D eigenvalue weighted by Crippen LogP contribution is 2.17. The molecule has 116 valence electrons. The Morgan fingerprint density at radius 2 is 1.96 bits per heavy atom. The molecular weight excluding hydrogens is 297 g/mol. The van der Waals surface area contributed by atoms with E-state index in [-0.39, 0.29) is 13.1 Å². The van der Waals surface area contributed by atoms with Gasteiger partial charge in [-0.3, -0.25) is 14.5 Å². The summed E-state index contributed by atoms with van der Waals surface area (Å²) in [7, 11) is -1.14. The minimum atomic E-state index is -1.14. The van der Waals surface area contributed by atoms with E-state index >= 15 is 0 Å². The molecule has 1 aliphatic heterocycles. The van der Waals surface area contributed by atoms with E-state index in [0.717, 1.165) is 0 Å². The molecule has 1 aromatic heterocycles. The van der Waals surface area contributed by atoms with Crippen molar-refractivity contribution in [2.75, 3.05) is 19.6 Å². The number of carbonyl (C=O) groups excluding carboxylic acids is 2. The lowest BCUT2D eigenvalue weighted by atomic mass is 9.78. The second-order valence-corrected chi connectivity index (χ2v) is 5.16. The molecular formula is C16H14BNO5. The largest absolute Gasteiger partial charge is 0.640 e. The number of hydrogen-bond acceptors (Lipinski definition) is 6. The Bertz CT molecular complexity index is 786. The van der Waals surface area contributed by atoms with Gasteiger partial charge in [-0.25, -0.2) is 0 Å². The van der Waals surface area contributed by atoms with Crippen LogP contribution >= 0.6 is 0 Å². The van der Waals surface area contributed by atoms with Gasteiger partial charge < -0.3 is 13.7 Å². The van der Waals surface area contributed by atoms with Crippen molar-refractivity contribution in [2.45, 2.75) is 6.92 Å². The molecule has 1 aromatic carbocycles. The standard InChI is InChI=1S/C16H14BNO5/c1-3-11-5-6-14-12(7-11)13(10-21-14)17-22-15(19)8-18(4-2)9-16(20)23-17/h1,5-7,10H,4,8-9H2,2H3. The highest BCUT2D eigenvalue weighted by Gasteiger charge is 2.36. The Morgan fingerprint density at radius 1 is 1.26 bits per heavy atom. The van der Waals surface area contributed by atoms with Crippen molar-refractivity contribution < 1.29 is 23.3 Å². The molecule has 0 radical (unpaired) electrons. The zero-order valence-corrected chi connectivity index (χ0v) is 12.6. The van der Waals surface area contributed by atoms with Gasteiger partial charge >= 0.3 is 19.1 Å². The maximum Gasteiger partial charge on any atom is 0.640 e.